The average Bonchev–Trinajstić information content (AvgIpc) is 3.17. The zero-order valence-corrected chi connectivity index (χ0v) is 14.0. The molecule has 0 aliphatic heterocycles. The van der Waals surface area contributed by atoms with E-state index in [0.29, 0.717) is 12.1 Å². The molecule has 1 aliphatic rings. The Hall–Kier alpha value is 0.0200. The van der Waals surface area contributed by atoms with Gasteiger partial charge in [0.25, 0.3) is 0 Å². The first-order chi connectivity index (χ1) is 9.33. The van der Waals surface area contributed by atoms with Crippen molar-refractivity contribution in [2.75, 3.05) is 12.8 Å². The summed E-state index contributed by atoms with van der Waals surface area (Å²) in [5.74, 6) is 0. The number of nitrogens with one attached hydrogen (secondary N) is 1. The van der Waals surface area contributed by atoms with Crippen LogP contribution in [0.15, 0.2) is 17.0 Å². The van der Waals surface area contributed by atoms with Crippen LogP contribution < -0.4 is 4.72 Å². The maximum atomic E-state index is 12.3. The predicted molar refractivity (Wildman–Crippen MR) is 83.1 cm³/mol. The van der Waals surface area contributed by atoms with Crippen LogP contribution in [0.1, 0.15) is 18.4 Å². The molecule has 112 valence electrons. The summed E-state index contributed by atoms with van der Waals surface area (Å²) in [6.07, 6.45) is 3.99. The Kier molecular flexibility index (Phi) is 4.94. The second kappa shape index (κ2) is 6.02. The number of benzene rings is 1. The molecule has 0 saturated heterocycles. The second-order valence-electron chi connectivity index (χ2n) is 4.74. The molecule has 0 atom stereocenters. The lowest BCUT2D eigenvalue weighted by atomic mass is 10.2. The zero-order valence-electron chi connectivity index (χ0n) is 10.8. The van der Waals surface area contributed by atoms with Gasteiger partial charge in [-0.05, 0) is 36.8 Å². The van der Waals surface area contributed by atoms with Crippen molar-refractivity contribution in [2.45, 2.75) is 29.1 Å². The Morgan fingerprint density at radius 3 is 2.50 bits per heavy atom. The van der Waals surface area contributed by atoms with Gasteiger partial charge >= 0.3 is 0 Å². The minimum absolute atomic E-state index is 0.0196. The number of sulfonamides is 1. The van der Waals surface area contributed by atoms with Gasteiger partial charge in [-0.3, -0.25) is 0 Å². The van der Waals surface area contributed by atoms with Crippen LogP contribution in [0.5, 0.6) is 0 Å². The monoisotopic (exact) mass is 355 g/mol. The standard InChI is InChI=1S/C12H15Cl2NO3S2/c1-19-12(2-3-12)7-15-20(17,18)11-4-8(6-16)9(13)5-10(11)14/h4-5,15-16H,2-3,6-7H2,1H3. The molecule has 1 aromatic carbocycles. The smallest absolute Gasteiger partial charge is 0.242 e. The molecule has 1 aliphatic carbocycles. The Morgan fingerprint density at radius 2 is 2.00 bits per heavy atom. The molecule has 0 radical (unpaired) electrons. The third-order valence-corrected chi connectivity index (χ3v) is 7.02. The molecular formula is C12H15Cl2NO3S2. The summed E-state index contributed by atoms with van der Waals surface area (Å²) < 4.78 is 27.2. The van der Waals surface area contributed by atoms with Crippen LogP contribution in [0.25, 0.3) is 0 Å². The number of hydrogen-bond acceptors (Lipinski definition) is 4. The first-order valence-corrected chi connectivity index (χ1v) is 9.43. The second-order valence-corrected chi connectivity index (χ2v) is 8.57. The maximum Gasteiger partial charge on any atom is 0.242 e. The summed E-state index contributed by atoms with van der Waals surface area (Å²) in [5.41, 5.74) is 0.336. The van der Waals surface area contributed by atoms with E-state index in [-0.39, 0.29) is 26.3 Å². The summed E-state index contributed by atoms with van der Waals surface area (Å²) >= 11 is 13.5. The van der Waals surface area contributed by atoms with Gasteiger partial charge in [0, 0.05) is 16.3 Å². The lowest BCUT2D eigenvalue weighted by molar-refractivity contribution is 0.281. The Balaban J connectivity index is 2.25. The molecule has 0 heterocycles. The van der Waals surface area contributed by atoms with Gasteiger partial charge in [-0.25, -0.2) is 13.1 Å². The molecule has 8 heteroatoms. The average molecular weight is 356 g/mol. The van der Waals surface area contributed by atoms with Gasteiger partial charge < -0.3 is 5.11 Å². The number of rotatable bonds is 6. The highest BCUT2D eigenvalue weighted by Gasteiger charge is 2.42. The van der Waals surface area contributed by atoms with E-state index in [1.807, 2.05) is 6.26 Å². The largest absolute Gasteiger partial charge is 0.392 e. The number of halogens is 2. The minimum Gasteiger partial charge on any atom is -0.392 e. The van der Waals surface area contributed by atoms with Crippen LogP contribution >= 0.6 is 35.0 Å². The predicted octanol–water partition coefficient (Wildman–Crippen LogP) is 2.66. The molecule has 1 aromatic rings. The van der Waals surface area contributed by atoms with Crippen LogP contribution in [-0.2, 0) is 16.6 Å². The lowest BCUT2D eigenvalue weighted by Gasteiger charge is -2.15. The van der Waals surface area contributed by atoms with Crippen molar-refractivity contribution in [1.29, 1.82) is 0 Å². The van der Waals surface area contributed by atoms with Crippen molar-refractivity contribution in [3.8, 4) is 0 Å². The fourth-order valence-corrected chi connectivity index (χ4v) is 4.60. The van der Waals surface area contributed by atoms with Crippen LogP contribution in [0, 0.1) is 0 Å². The molecule has 0 unspecified atom stereocenters. The third kappa shape index (κ3) is 3.43. The van der Waals surface area contributed by atoms with Gasteiger partial charge in [0.15, 0.2) is 0 Å². The van der Waals surface area contributed by atoms with E-state index < -0.39 is 10.0 Å². The molecule has 0 amide bonds. The molecule has 1 saturated carbocycles. The highest BCUT2D eigenvalue weighted by molar-refractivity contribution is 8.00. The van der Waals surface area contributed by atoms with Crippen molar-refractivity contribution in [2.24, 2.45) is 0 Å². The van der Waals surface area contributed by atoms with E-state index in [0.717, 1.165) is 12.8 Å². The minimum atomic E-state index is -3.71. The summed E-state index contributed by atoms with van der Waals surface area (Å²) in [6.45, 7) is 0.0389. The molecule has 0 spiro atoms. The highest BCUT2D eigenvalue weighted by atomic mass is 35.5. The first kappa shape index (κ1) is 16.4. The van der Waals surface area contributed by atoms with E-state index in [4.69, 9.17) is 28.3 Å². The number of aliphatic hydroxyl groups is 1. The van der Waals surface area contributed by atoms with E-state index in [2.05, 4.69) is 4.72 Å². The fourth-order valence-electron chi connectivity index (χ4n) is 1.80. The van der Waals surface area contributed by atoms with Crippen molar-refractivity contribution in [1.82, 2.24) is 4.72 Å². The van der Waals surface area contributed by atoms with Crippen molar-refractivity contribution in [3.05, 3.63) is 27.7 Å². The third-order valence-electron chi connectivity index (χ3n) is 3.39. The molecule has 0 bridgehead atoms. The van der Waals surface area contributed by atoms with Crippen molar-refractivity contribution < 1.29 is 13.5 Å². The van der Waals surface area contributed by atoms with Gasteiger partial charge in [-0.2, -0.15) is 11.8 Å². The summed E-state index contributed by atoms with van der Waals surface area (Å²) in [7, 11) is -3.71. The fraction of sp³-hybridized carbons (Fsp3) is 0.500. The molecule has 20 heavy (non-hydrogen) atoms. The normalized spacial score (nSPS) is 17.2. The highest BCUT2D eigenvalue weighted by Crippen LogP contribution is 2.46. The van der Waals surface area contributed by atoms with Gasteiger partial charge in [-0.15, -0.1) is 0 Å². The van der Waals surface area contributed by atoms with Crippen LogP contribution in [0.3, 0.4) is 0 Å². The van der Waals surface area contributed by atoms with Crippen LogP contribution in [0.2, 0.25) is 10.0 Å². The Morgan fingerprint density at radius 1 is 1.35 bits per heavy atom. The zero-order chi connectivity index (χ0) is 15.0. The Bertz CT molecular complexity index is 615. The van der Waals surface area contributed by atoms with Crippen molar-refractivity contribution >= 4 is 45.0 Å². The maximum absolute atomic E-state index is 12.3. The van der Waals surface area contributed by atoms with E-state index in [1.54, 1.807) is 11.8 Å². The van der Waals surface area contributed by atoms with Gasteiger partial charge in [0.2, 0.25) is 10.0 Å². The lowest BCUT2D eigenvalue weighted by Crippen LogP contribution is -2.32. The SMILES string of the molecule is CSC1(CNS(=O)(=O)c2cc(CO)c(Cl)cc2Cl)CC1. The molecular weight excluding hydrogens is 341 g/mol. The van der Waals surface area contributed by atoms with E-state index in [1.165, 1.54) is 12.1 Å². The summed E-state index contributed by atoms with van der Waals surface area (Å²) in [4.78, 5) is -0.0514. The number of aliphatic hydroxyl groups excluding tert-OH is 1. The molecule has 2 N–H and O–H groups in total. The van der Waals surface area contributed by atoms with Gasteiger partial charge in [-0.1, -0.05) is 23.2 Å². The molecule has 1 fully saturated rings. The number of thioether (sulfide) groups is 1. The summed E-state index contributed by atoms with van der Waals surface area (Å²) in [6, 6.07) is 2.65. The van der Waals surface area contributed by atoms with Crippen molar-refractivity contribution in [3.63, 3.8) is 0 Å². The summed E-state index contributed by atoms with van der Waals surface area (Å²) in [5, 5.41) is 9.46. The van der Waals surface area contributed by atoms with Crippen LogP contribution in [0.4, 0.5) is 0 Å². The van der Waals surface area contributed by atoms with Gasteiger partial charge in [0.1, 0.15) is 4.90 Å². The molecule has 0 aromatic heterocycles. The molecule has 4 nitrogen and oxygen atoms in total. The van der Waals surface area contributed by atoms with E-state index >= 15 is 0 Å². The van der Waals surface area contributed by atoms with E-state index in [9.17, 15) is 8.42 Å². The Labute approximate surface area is 132 Å². The first-order valence-electron chi connectivity index (χ1n) is 5.97. The quantitative estimate of drug-likeness (QED) is 0.823. The van der Waals surface area contributed by atoms with Crippen LogP contribution in [-0.4, -0.2) is 31.1 Å². The number of hydrogen-bond donors (Lipinski definition) is 2. The molecule has 2 rings (SSSR count). The topological polar surface area (TPSA) is 66.4 Å². The van der Waals surface area contributed by atoms with Gasteiger partial charge in [0.05, 0.1) is 11.6 Å².